The molecule has 1 amide bonds. The number of rotatable bonds is 7. The second kappa shape index (κ2) is 9.46. The third kappa shape index (κ3) is 4.88. The van der Waals surface area contributed by atoms with Gasteiger partial charge in [0.2, 0.25) is 5.91 Å². The van der Waals surface area contributed by atoms with Crippen LogP contribution in [0.4, 0.5) is 0 Å². The van der Waals surface area contributed by atoms with Gasteiger partial charge in [0.05, 0.1) is 17.3 Å². The zero-order valence-electron chi connectivity index (χ0n) is 18.1. The van der Waals surface area contributed by atoms with E-state index in [1.165, 1.54) is 11.8 Å². The fourth-order valence-electron chi connectivity index (χ4n) is 3.93. The number of carbonyl (C=O) groups is 1. The summed E-state index contributed by atoms with van der Waals surface area (Å²) in [4.78, 5) is 14.7. The summed E-state index contributed by atoms with van der Waals surface area (Å²) < 4.78 is 25.7. The van der Waals surface area contributed by atoms with E-state index in [0.717, 1.165) is 16.8 Å². The lowest BCUT2D eigenvalue weighted by atomic mass is 10.2. The van der Waals surface area contributed by atoms with Crippen LogP contribution in [0, 0.1) is 6.92 Å². The second-order valence-corrected chi connectivity index (χ2v) is 11.0. The molecule has 1 aliphatic rings. The molecule has 168 valence electrons. The Hall–Kier alpha value is -2.65. The number of nitrogens with zero attached hydrogens (tertiary/aromatic N) is 4. The van der Waals surface area contributed by atoms with Crippen molar-refractivity contribution in [2.45, 2.75) is 31.5 Å². The molecule has 1 saturated heterocycles. The van der Waals surface area contributed by atoms with Crippen LogP contribution >= 0.6 is 11.8 Å². The zero-order chi connectivity index (χ0) is 22.7. The Morgan fingerprint density at radius 1 is 1.12 bits per heavy atom. The average Bonchev–Trinajstić information content (AvgIpc) is 3.37. The molecule has 0 radical (unpaired) electrons. The van der Waals surface area contributed by atoms with Gasteiger partial charge in [-0.25, -0.2) is 8.42 Å². The summed E-state index contributed by atoms with van der Waals surface area (Å²) in [6.45, 7) is 4.40. The van der Waals surface area contributed by atoms with Crippen LogP contribution in [0.5, 0.6) is 0 Å². The summed E-state index contributed by atoms with van der Waals surface area (Å²) in [5, 5.41) is 9.41. The van der Waals surface area contributed by atoms with E-state index in [1.54, 1.807) is 4.90 Å². The van der Waals surface area contributed by atoms with E-state index in [-0.39, 0.29) is 29.2 Å². The lowest BCUT2D eigenvalue weighted by molar-refractivity contribution is -0.129. The molecule has 0 aliphatic carbocycles. The van der Waals surface area contributed by atoms with E-state index in [4.69, 9.17) is 0 Å². The molecule has 9 heteroatoms. The molecule has 1 atom stereocenters. The first-order chi connectivity index (χ1) is 15.4. The average molecular weight is 471 g/mol. The third-order valence-electron chi connectivity index (χ3n) is 5.59. The van der Waals surface area contributed by atoms with Gasteiger partial charge >= 0.3 is 0 Å². The standard InChI is InChI=1S/C23H26N4O3S2/c1-3-26(20-13-14-32(29,30)16-20)21(28)15-31-23-25-24-22(18-7-5-4-6-8-18)27(23)19-11-9-17(2)10-12-19/h4-12,20H,3,13-16H2,1-2H3/t20-/m1/s1. The van der Waals surface area contributed by atoms with E-state index in [0.29, 0.717) is 23.9 Å². The Morgan fingerprint density at radius 2 is 1.84 bits per heavy atom. The Labute approximate surface area is 192 Å². The summed E-state index contributed by atoms with van der Waals surface area (Å²) in [6.07, 6.45) is 0.504. The maximum atomic E-state index is 13.0. The summed E-state index contributed by atoms with van der Waals surface area (Å²) in [5.41, 5.74) is 3.01. The number of thioether (sulfide) groups is 1. The van der Waals surface area contributed by atoms with Crippen LogP contribution in [0.1, 0.15) is 18.9 Å². The Balaban J connectivity index is 1.59. The highest BCUT2D eigenvalue weighted by atomic mass is 32.2. The summed E-state index contributed by atoms with van der Waals surface area (Å²) in [7, 11) is -3.05. The van der Waals surface area contributed by atoms with Crippen LogP contribution in [0.2, 0.25) is 0 Å². The van der Waals surface area contributed by atoms with Gasteiger partial charge in [0.25, 0.3) is 0 Å². The predicted molar refractivity (Wildman–Crippen MR) is 127 cm³/mol. The molecular formula is C23H26N4O3S2. The van der Waals surface area contributed by atoms with Gasteiger partial charge in [0.1, 0.15) is 0 Å². The molecule has 32 heavy (non-hydrogen) atoms. The molecule has 3 aromatic rings. The number of hydrogen-bond acceptors (Lipinski definition) is 6. The van der Waals surface area contributed by atoms with Crippen LogP contribution < -0.4 is 0 Å². The number of amides is 1. The predicted octanol–water partition coefficient (Wildman–Crippen LogP) is 3.37. The third-order valence-corrected chi connectivity index (χ3v) is 8.26. The maximum Gasteiger partial charge on any atom is 0.233 e. The van der Waals surface area contributed by atoms with Gasteiger partial charge in [-0.1, -0.05) is 59.8 Å². The van der Waals surface area contributed by atoms with Crippen LogP contribution in [0.3, 0.4) is 0 Å². The molecule has 4 rings (SSSR count). The number of benzene rings is 2. The lowest BCUT2D eigenvalue weighted by Gasteiger charge is -2.26. The molecule has 0 N–H and O–H groups in total. The minimum atomic E-state index is -3.05. The molecule has 0 spiro atoms. The summed E-state index contributed by atoms with van der Waals surface area (Å²) >= 11 is 1.32. The highest BCUT2D eigenvalue weighted by molar-refractivity contribution is 7.99. The lowest BCUT2D eigenvalue weighted by Crippen LogP contribution is -2.42. The van der Waals surface area contributed by atoms with Crippen LogP contribution in [0.25, 0.3) is 17.1 Å². The SMILES string of the molecule is CCN(C(=O)CSc1nnc(-c2ccccc2)n1-c1ccc(C)cc1)[C@@H]1CCS(=O)(=O)C1. The molecule has 0 saturated carbocycles. The fourth-order valence-corrected chi connectivity index (χ4v) is 6.50. The van der Waals surface area contributed by atoms with E-state index in [9.17, 15) is 13.2 Å². The van der Waals surface area contributed by atoms with Crippen LogP contribution in [-0.2, 0) is 14.6 Å². The number of aromatic nitrogens is 3. The molecule has 1 aliphatic heterocycles. The molecular weight excluding hydrogens is 444 g/mol. The smallest absolute Gasteiger partial charge is 0.233 e. The normalized spacial score (nSPS) is 17.4. The van der Waals surface area contributed by atoms with Gasteiger partial charge in [-0.05, 0) is 32.4 Å². The molecule has 7 nitrogen and oxygen atoms in total. The van der Waals surface area contributed by atoms with Gasteiger partial charge in [-0.2, -0.15) is 0 Å². The van der Waals surface area contributed by atoms with Crippen molar-refractivity contribution >= 4 is 27.5 Å². The van der Waals surface area contributed by atoms with Crippen molar-refractivity contribution in [3.63, 3.8) is 0 Å². The van der Waals surface area contributed by atoms with Gasteiger partial charge in [0, 0.05) is 23.8 Å². The van der Waals surface area contributed by atoms with Crippen molar-refractivity contribution < 1.29 is 13.2 Å². The maximum absolute atomic E-state index is 13.0. The Bertz CT molecular complexity index is 1190. The molecule has 2 aromatic carbocycles. The Morgan fingerprint density at radius 3 is 2.47 bits per heavy atom. The first kappa shape index (κ1) is 22.5. The monoisotopic (exact) mass is 470 g/mol. The molecule has 1 aromatic heterocycles. The highest BCUT2D eigenvalue weighted by Crippen LogP contribution is 2.29. The summed E-state index contributed by atoms with van der Waals surface area (Å²) in [5.74, 6) is 0.993. The van der Waals surface area contributed by atoms with Gasteiger partial charge in [-0.3, -0.25) is 9.36 Å². The minimum Gasteiger partial charge on any atom is -0.338 e. The number of carbonyl (C=O) groups excluding carboxylic acids is 1. The van der Waals surface area contributed by atoms with Crippen LogP contribution in [0.15, 0.2) is 59.8 Å². The van der Waals surface area contributed by atoms with Crippen molar-refractivity contribution in [2.75, 3.05) is 23.8 Å². The molecule has 1 fully saturated rings. The summed E-state index contributed by atoms with van der Waals surface area (Å²) in [6, 6.07) is 17.7. The Kier molecular flexibility index (Phi) is 6.66. The van der Waals surface area contributed by atoms with Gasteiger partial charge in [0.15, 0.2) is 20.8 Å². The van der Waals surface area contributed by atoms with Crippen molar-refractivity contribution in [3.05, 3.63) is 60.2 Å². The van der Waals surface area contributed by atoms with E-state index < -0.39 is 9.84 Å². The number of hydrogen-bond donors (Lipinski definition) is 0. The van der Waals surface area contributed by atoms with E-state index >= 15 is 0 Å². The molecule has 0 unspecified atom stereocenters. The fraction of sp³-hybridized carbons (Fsp3) is 0.348. The zero-order valence-corrected chi connectivity index (χ0v) is 19.8. The van der Waals surface area contributed by atoms with E-state index in [2.05, 4.69) is 10.2 Å². The largest absolute Gasteiger partial charge is 0.338 e. The number of sulfone groups is 1. The van der Waals surface area contributed by atoms with E-state index in [1.807, 2.05) is 73.0 Å². The first-order valence-corrected chi connectivity index (χ1v) is 13.4. The van der Waals surface area contributed by atoms with Crippen molar-refractivity contribution in [1.82, 2.24) is 19.7 Å². The quantitative estimate of drug-likeness (QED) is 0.492. The van der Waals surface area contributed by atoms with Gasteiger partial charge < -0.3 is 4.90 Å². The van der Waals surface area contributed by atoms with Crippen molar-refractivity contribution in [2.24, 2.45) is 0 Å². The second-order valence-electron chi connectivity index (χ2n) is 7.87. The minimum absolute atomic E-state index is 0.0505. The van der Waals surface area contributed by atoms with Gasteiger partial charge in [-0.15, -0.1) is 10.2 Å². The topological polar surface area (TPSA) is 85.2 Å². The highest BCUT2D eigenvalue weighted by Gasteiger charge is 2.34. The van der Waals surface area contributed by atoms with Crippen molar-refractivity contribution in [1.29, 1.82) is 0 Å². The van der Waals surface area contributed by atoms with Crippen LogP contribution in [-0.4, -0.2) is 63.8 Å². The first-order valence-electron chi connectivity index (χ1n) is 10.6. The van der Waals surface area contributed by atoms with Crippen molar-refractivity contribution in [3.8, 4) is 17.1 Å². The number of aryl methyl sites for hydroxylation is 1. The molecule has 0 bridgehead atoms. The molecule has 2 heterocycles.